The Morgan fingerprint density at radius 1 is 1.67 bits per heavy atom. The molecule has 1 radical (unpaired) electrons. The molecule has 0 aliphatic rings. The van der Waals surface area contributed by atoms with E-state index >= 15 is 0 Å². The summed E-state index contributed by atoms with van der Waals surface area (Å²) in [6.45, 7) is 0. The van der Waals surface area contributed by atoms with Crippen LogP contribution in [0, 0.1) is 5.88 Å². The first-order valence-corrected chi connectivity index (χ1v) is 2.59. The van der Waals surface area contributed by atoms with Crippen molar-refractivity contribution < 1.29 is 13.0 Å². The van der Waals surface area contributed by atoms with Gasteiger partial charge < -0.3 is 5.73 Å². The van der Waals surface area contributed by atoms with Gasteiger partial charge in [0.25, 0.3) is 10.1 Å². The Hall–Kier alpha value is -0.130. The number of hydrogen-bond donors (Lipinski definition) is 2. The van der Waals surface area contributed by atoms with Gasteiger partial charge >= 0.3 is 0 Å². The zero-order valence-corrected chi connectivity index (χ0v) is 3.64. The first-order valence-electron chi connectivity index (χ1n) is 1.08. The van der Waals surface area contributed by atoms with E-state index in [1.165, 1.54) is 0 Å². The molecular weight excluding hydrogens is 106 g/mol. The Morgan fingerprint density at radius 3 is 1.83 bits per heavy atom. The highest BCUT2D eigenvalue weighted by Gasteiger charge is 1.95. The van der Waals surface area contributed by atoms with Gasteiger partial charge in [-0.3, -0.25) is 4.55 Å². The van der Waals surface area contributed by atoms with Crippen LogP contribution in [-0.4, -0.2) is 13.0 Å². The Bertz CT molecular complexity index is 113. The lowest BCUT2D eigenvalue weighted by Crippen LogP contribution is -2.04. The van der Waals surface area contributed by atoms with Gasteiger partial charge in [0.1, 0.15) is 0 Å². The second kappa shape index (κ2) is 1.55. The van der Waals surface area contributed by atoms with Crippen molar-refractivity contribution in [3.05, 3.63) is 5.88 Å². The zero-order valence-electron chi connectivity index (χ0n) is 2.83. The molecule has 0 unspecified atom stereocenters. The average Bonchev–Trinajstić information content (AvgIpc) is 1.35. The molecule has 0 rings (SSSR count). The van der Waals surface area contributed by atoms with Gasteiger partial charge in [0.2, 0.25) is 0 Å². The highest BCUT2D eigenvalue weighted by atomic mass is 32.2. The molecule has 0 aromatic rings. The summed E-state index contributed by atoms with van der Waals surface area (Å²) in [7, 11) is -4.01. The van der Waals surface area contributed by atoms with E-state index < -0.39 is 10.1 Å². The van der Waals surface area contributed by atoms with E-state index in [4.69, 9.17) is 4.55 Å². The van der Waals surface area contributed by atoms with Crippen molar-refractivity contribution in [1.29, 1.82) is 0 Å². The van der Waals surface area contributed by atoms with Gasteiger partial charge in [-0.15, -0.1) is 0 Å². The van der Waals surface area contributed by atoms with Gasteiger partial charge in [0.05, 0.1) is 0 Å². The molecular formula is CH4NO3S. The summed E-state index contributed by atoms with van der Waals surface area (Å²) in [6, 6.07) is 0. The predicted octanol–water partition coefficient (Wildman–Crippen LogP) is -1.05. The lowest BCUT2D eigenvalue weighted by Gasteiger charge is -1.79. The number of rotatable bonds is 1. The first-order chi connectivity index (χ1) is 2.56. The Morgan fingerprint density at radius 2 is 1.83 bits per heavy atom. The van der Waals surface area contributed by atoms with Crippen molar-refractivity contribution in [3.8, 4) is 0 Å². The van der Waals surface area contributed by atoms with Crippen molar-refractivity contribution in [3.63, 3.8) is 0 Å². The number of hydrogen-bond acceptors (Lipinski definition) is 3. The van der Waals surface area contributed by atoms with E-state index in [-0.39, 0.29) is 5.88 Å². The summed E-state index contributed by atoms with van der Waals surface area (Å²) in [5.74, 6) is 0.215. The van der Waals surface area contributed by atoms with Crippen molar-refractivity contribution >= 4 is 10.1 Å². The molecule has 37 valence electrons. The maximum absolute atomic E-state index is 9.38. The fraction of sp³-hybridized carbons (Fsp3) is 0. The topological polar surface area (TPSA) is 80.4 Å². The summed E-state index contributed by atoms with van der Waals surface area (Å²) in [5, 5.41) is 0. The summed E-state index contributed by atoms with van der Waals surface area (Å²) in [5.41, 5.74) is 4.34. The van der Waals surface area contributed by atoms with E-state index in [1.807, 2.05) is 0 Å². The molecule has 0 saturated carbocycles. The van der Waals surface area contributed by atoms with Crippen LogP contribution in [0.1, 0.15) is 0 Å². The van der Waals surface area contributed by atoms with Crippen molar-refractivity contribution in [2.45, 2.75) is 0 Å². The molecule has 0 atom stereocenters. The largest absolute Gasteiger partial charge is 0.311 e. The highest BCUT2D eigenvalue weighted by Crippen LogP contribution is 1.74. The number of nitrogens with two attached hydrogens (primary N) is 1. The van der Waals surface area contributed by atoms with Crippen LogP contribution in [0.4, 0.5) is 0 Å². The van der Waals surface area contributed by atoms with Crippen LogP contribution in [0.5, 0.6) is 0 Å². The van der Waals surface area contributed by atoms with Crippen LogP contribution in [-0.2, 0) is 10.1 Å². The third kappa shape index (κ3) is 3.87. The molecule has 4 nitrogen and oxygen atoms in total. The van der Waals surface area contributed by atoms with E-state index in [1.54, 1.807) is 0 Å². The second-order valence-corrected chi connectivity index (χ2v) is 1.95. The molecule has 0 amide bonds. The van der Waals surface area contributed by atoms with E-state index in [2.05, 4.69) is 5.73 Å². The lowest BCUT2D eigenvalue weighted by atomic mass is 11.6. The minimum atomic E-state index is -4.01. The quantitative estimate of drug-likeness (QED) is 0.422. The maximum Gasteiger partial charge on any atom is 0.283 e. The van der Waals surface area contributed by atoms with Gasteiger partial charge in [-0.05, 0) is 0 Å². The molecule has 6 heavy (non-hydrogen) atoms. The SMILES string of the molecule is N[CH]S(=O)(=O)O. The fourth-order valence-electron chi connectivity index (χ4n) is 0. The van der Waals surface area contributed by atoms with Crippen molar-refractivity contribution in [1.82, 2.24) is 0 Å². The molecule has 0 saturated heterocycles. The molecule has 0 spiro atoms. The van der Waals surface area contributed by atoms with Gasteiger partial charge in [0, 0.05) is 0 Å². The van der Waals surface area contributed by atoms with Crippen LogP contribution >= 0.6 is 0 Å². The van der Waals surface area contributed by atoms with E-state index in [0.29, 0.717) is 0 Å². The minimum Gasteiger partial charge on any atom is -0.311 e. The molecule has 0 bridgehead atoms. The Kier molecular flexibility index (Phi) is 1.51. The summed E-state index contributed by atoms with van der Waals surface area (Å²) in [6.07, 6.45) is 0. The molecule has 5 heteroatoms. The van der Waals surface area contributed by atoms with Crippen molar-refractivity contribution in [2.24, 2.45) is 5.73 Å². The molecule has 0 aromatic heterocycles. The van der Waals surface area contributed by atoms with Crippen LogP contribution in [0.2, 0.25) is 0 Å². The van der Waals surface area contributed by atoms with Gasteiger partial charge in [-0.1, -0.05) is 0 Å². The molecule has 0 fully saturated rings. The smallest absolute Gasteiger partial charge is 0.283 e. The van der Waals surface area contributed by atoms with E-state index in [9.17, 15) is 8.42 Å². The highest BCUT2D eigenvalue weighted by molar-refractivity contribution is 7.87. The van der Waals surface area contributed by atoms with Crippen LogP contribution in [0.25, 0.3) is 0 Å². The normalized spacial score (nSPS) is 11.7. The van der Waals surface area contributed by atoms with E-state index in [0.717, 1.165) is 0 Å². The minimum absolute atomic E-state index is 0.215. The summed E-state index contributed by atoms with van der Waals surface area (Å²) >= 11 is 0. The lowest BCUT2D eigenvalue weighted by molar-refractivity contribution is 0.489. The standard InChI is InChI=1S/CH4NO3S/c2-1-6(3,4)5/h1H,2H2,(H,3,4,5). The Labute approximate surface area is 35.7 Å². The van der Waals surface area contributed by atoms with Crippen molar-refractivity contribution in [2.75, 3.05) is 0 Å². The summed E-state index contributed by atoms with van der Waals surface area (Å²) < 4.78 is 26.4. The molecule has 0 aromatic carbocycles. The summed E-state index contributed by atoms with van der Waals surface area (Å²) in [4.78, 5) is 0. The Balaban J connectivity index is 3.85. The molecule has 0 aliphatic heterocycles. The van der Waals surface area contributed by atoms with Crippen LogP contribution in [0.15, 0.2) is 0 Å². The van der Waals surface area contributed by atoms with Crippen LogP contribution in [0.3, 0.4) is 0 Å². The van der Waals surface area contributed by atoms with Gasteiger partial charge in [0.15, 0.2) is 5.88 Å². The molecule has 3 N–H and O–H groups in total. The second-order valence-electron chi connectivity index (χ2n) is 0.651. The third-order valence-corrected chi connectivity index (χ3v) is 0.516. The third-order valence-electron chi connectivity index (χ3n) is 0.172. The molecule has 0 aliphatic carbocycles. The predicted molar refractivity (Wildman–Crippen MR) is 20.0 cm³/mol. The average molecular weight is 110 g/mol. The molecule has 0 heterocycles. The first kappa shape index (κ1) is 5.87. The van der Waals surface area contributed by atoms with Gasteiger partial charge in [-0.25, -0.2) is 0 Å². The zero-order chi connectivity index (χ0) is 5.21. The monoisotopic (exact) mass is 110 g/mol. The van der Waals surface area contributed by atoms with Crippen LogP contribution < -0.4 is 5.73 Å². The maximum atomic E-state index is 9.38. The van der Waals surface area contributed by atoms with Gasteiger partial charge in [-0.2, -0.15) is 8.42 Å². The fourth-order valence-corrected chi connectivity index (χ4v) is 0.